The van der Waals surface area contributed by atoms with Crippen LogP contribution in [0.15, 0.2) is 12.1 Å². The van der Waals surface area contributed by atoms with Crippen molar-refractivity contribution in [1.82, 2.24) is 9.80 Å². The van der Waals surface area contributed by atoms with Gasteiger partial charge < -0.3 is 20.0 Å². The van der Waals surface area contributed by atoms with Crippen LogP contribution in [0, 0.1) is 17.3 Å². The summed E-state index contributed by atoms with van der Waals surface area (Å²) < 4.78 is 39.9. The van der Waals surface area contributed by atoms with Gasteiger partial charge in [0.2, 0.25) is 11.8 Å². The van der Waals surface area contributed by atoms with E-state index in [1.807, 2.05) is 0 Å². The molecule has 2 amide bonds. The number of aliphatic carboxylic acids is 1. The molecule has 2 N–H and O–H groups in total. The molecular weight excluding hydrogens is 489 g/mol. The van der Waals surface area contributed by atoms with Crippen LogP contribution in [0.2, 0.25) is 5.02 Å². The number of nitrogens with zero attached hydrogens (tertiary/aromatic N) is 2. The van der Waals surface area contributed by atoms with Crippen LogP contribution in [0.5, 0.6) is 5.75 Å². The van der Waals surface area contributed by atoms with E-state index in [4.69, 9.17) is 11.6 Å². The summed E-state index contributed by atoms with van der Waals surface area (Å²) in [6.45, 7) is 0.926. The normalized spacial score (nSPS) is 29.3. The fourth-order valence-electron chi connectivity index (χ4n) is 5.81. The maximum absolute atomic E-state index is 13.8. The molecule has 7 nitrogen and oxygen atoms in total. The SMILES string of the molecule is C[C@]1(C(=O)O)CCCC[C@H]1C(=O)N1CCc2c(Cl)ccc(O)c2[C@H]1CN1CC(C(F)(F)F)CC1=O. The first-order valence-corrected chi connectivity index (χ1v) is 12.1. The van der Waals surface area contributed by atoms with E-state index in [1.165, 1.54) is 17.0 Å². The first-order chi connectivity index (χ1) is 16.3. The number of hydrogen-bond acceptors (Lipinski definition) is 4. The van der Waals surface area contributed by atoms with Gasteiger partial charge in [-0.2, -0.15) is 13.2 Å². The number of carbonyl (C=O) groups is 3. The smallest absolute Gasteiger partial charge is 0.394 e. The van der Waals surface area contributed by atoms with Crippen LogP contribution < -0.4 is 0 Å². The van der Waals surface area contributed by atoms with Crippen molar-refractivity contribution in [2.45, 2.75) is 57.7 Å². The summed E-state index contributed by atoms with van der Waals surface area (Å²) in [7, 11) is 0. The van der Waals surface area contributed by atoms with E-state index in [-0.39, 0.29) is 18.8 Å². The highest BCUT2D eigenvalue weighted by Crippen LogP contribution is 2.46. The predicted octanol–water partition coefficient (Wildman–Crippen LogP) is 4.16. The number of carboxylic acids is 1. The number of carboxylic acid groups (broad SMARTS) is 1. The molecule has 0 radical (unpaired) electrons. The monoisotopic (exact) mass is 516 g/mol. The van der Waals surface area contributed by atoms with Crippen molar-refractivity contribution in [3.8, 4) is 5.75 Å². The van der Waals surface area contributed by atoms with Crippen LogP contribution in [-0.4, -0.2) is 63.6 Å². The van der Waals surface area contributed by atoms with Gasteiger partial charge in [0.1, 0.15) is 5.75 Å². The molecule has 11 heteroatoms. The lowest BCUT2D eigenvalue weighted by molar-refractivity contribution is -0.171. The van der Waals surface area contributed by atoms with Crippen molar-refractivity contribution < 1.29 is 37.8 Å². The number of halogens is 4. The van der Waals surface area contributed by atoms with Gasteiger partial charge in [0.15, 0.2) is 0 Å². The van der Waals surface area contributed by atoms with Crippen LogP contribution in [0.4, 0.5) is 13.2 Å². The summed E-state index contributed by atoms with van der Waals surface area (Å²) in [6, 6.07) is 1.92. The second-order valence-electron chi connectivity index (χ2n) is 10.0. The number of likely N-dealkylation sites (tertiary alicyclic amines) is 1. The number of carbonyl (C=O) groups excluding carboxylic acids is 2. The number of phenolic OH excluding ortho intramolecular Hbond substituents is 1. The first kappa shape index (κ1) is 25.6. The van der Waals surface area contributed by atoms with Gasteiger partial charge in [0, 0.05) is 36.6 Å². The molecule has 4 rings (SSSR count). The Hall–Kier alpha value is -2.49. The lowest BCUT2D eigenvalue weighted by Gasteiger charge is -2.45. The molecule has 0 bridgehead atoms. The van der Waals surface area contributed by atoms with Gasteiger partial charge >= 0.3 is 12.1 Å². The molecule has 1 unspecified atom stereocenters. The van der Waals surface area contributed by atoms with E-state index in [9.17, 15) is 37.8 Å². The van der Waals surface area contributed by atoms with E-state index >= 15 is 0 Å². The zero-order chi connectivity index (χ0) is 25.7. The minimum Gasteiger partial charge on any atom is -0.508 e. The number of phenols is 1. The maximum atomic E-state index is 13.8. The molecule has 35 heavy (non-hydrogen) atoms. The summed E-state index contributed by atoms with van der Waals surface area (Å²) in [5.41, 5.74) is -0.404. The summed E-state index contributed by atoms with van der Waals surface area (Å²) in [6.07, 6.45) is -2.83. The molecule has 1 saturated carbocycles. The number of amides is 2. The molecule has 0 spiro atoms. The summed E-state index contributed by atoms with van der Waals surface area (Å²) in [5, 5.41) is 21.0. The third-order valence-corrected chi connectivity index (χ3v) is 8.29. The average molecular weight is 517 g/mol. The Morgan fingerprint density at radius 3 is 2.60 bits per heavy atom. The lowest BCUT2D eigenvalue weighted by atomic mass is 9.66. The van der Waals surface area contributed by atoms with Crippen LogP contribution >= 0.6 is 11.6 Å². The van der Waals surface area contributed by atoms with E-state index in [2.05, 4.69) is 0 Å². The zero-order valence-electron chi connectivity index (χ0n) is 19.3. The Balaban J connectivity index is 1.71. The molecule has 1 saturated heterocycles. The molecule has 1 aromatic carbocycles. The second kappa shape index (κ2) is 9.19. The highest BCUT2D eigenvalue weighted by molar-refractivity contribution is 6.31. The van der Waals surface area contributed by atoms with Crippen molar-refractivity contribution in [1.29, 1.82) is 0 Å². The predicted molar refractivity (Wildman–Crippen MR) is 120 cm³/mol. The highest BCUT2D eigenvalue weighted by atomic mass is 35.5. The third kappa shape index (κ3) is 4.57. The number of aromatic hydroxyl groups is 1. The molecule has 0 aromatic heterocycles. The topological polar surface area (TPSA) is 98.2 Å². The second-order valence-corrected chi connectivity index (χ2v) is 10.4. The van der Waals surface area contributed by atoms with Crippen molar-refractivity contribution in [3.63, 3.8) is 0 Å². The molecule has 2 aliphatic heterocycles. The number of alkyl halides is 3. The average Bonchev–Trinajstić information content (AvgIpc) is 3.17. The fraction of sp³-hybridized carbons (Fsp3) is 0.625. The standard InChI is InChI=1S/C24H28ClF3N2O5/c1-23(22(34)35)8-3-2-4-15(23)21(33)30-9-7-14-16(25)5-6-18(31)20(14)17(30)12-29-11-13(10-19(29)32)24(26,27)28/h5-6,13,15,17,31H,2-4,7-12H2,1H3,(H,34,35)/t13?,15-,17+,23-/m0/s1. The molecule has 3 aliphatic rings. The van der Waals surface area contributed by atoms with E-state index in [1.54, 1.807) is 6.92 Å². The minimum absolute atomic E-state index is 0.149. The Morgan fingerprint density at radius 1 is 1.26 bits per heavy atom. The van der Waals surface area contributed by atoms with Crippen LogP contribution in [-0.2, 0) is 20.8 Å². The quantitative estimate of drug-likeness (QED) is 0.626. The van der Waals surface area contributed by atoms with Gasteiger partial charge in [-0.1, -0.05) is 24.4 Å². The number of rotatable bonds is 4. The van der Waals surface area contributed by atoms with Gasteiger partial charge in [-0.05, 0) is 43.9 Å². The van der Waals surface area contributed by atoms with Crippen molar-refractivity contribution in [2.75, 3.05) is 19.6 Å². The Bertz CT molecular complexity index is 1050. The molecule has 1 aromatic rings. The zero-order valence-corrected chi connectivity index (χ0v) is 20.0. The minimum atomic E-state index is -4.53. The largest absolute Gasteiger partial charge is 0.508 e. The summed E-state index contributed by atoms with van der Waals surface area (Å²) >= 11 is 6.35. The van der Waals surface area contributed by atoms with Gasteiger partial charge in [0.25, 0.3) is 0 Å². The van der Waals surface area contributed by atoms with E-state index in [0.29, 0.717) is 48.3 Å². The van der Waals surface area contributed by atoms with E-state index in [0.717, 1.165) is 4.90 Å². The fourth-order valence-corrected chi connectivity index (χ4v) is 6.07. The Labute approximate surface area is 205 Å². The summed E-state index contributed by atoms with van der Waals surface area (Å²) in [4.78, 5) is 41.0. The highest BCUT2D eigenvalue weighted by Gasteiger charge is 2.51. The number of hydrogen-bond donors (Lipinski definition) is 2. The molecule has 4 atom stereocenters. The van der Waals surface area contributed by atoms with Gasteiger partial charge in [-0.25, -0.2) is 0 Å². The number of benzene rings is 1. The summed E-state index contributed by atoms with van der Waals surface area (Å²) in [5.74, 6) is -4.97. The third-order valence-electron chi connectivity index (χ3n) is 7.94. The van der Waals surface area contributed by atoms with E-state index < -0.39 is 60.2 Å². The van der Waals surface area contributed by atoms with Crippen LogP contribution in [0.3, 0.4) is 0 Å². The maximum Gasteiger partial charge on any atom is 0.394 e. The number of fused-ring (bicyclic) bond motifs is 1. The van der Waals surface area contributed by atoms with Crippen molar-refractivity contribution >= 4 is 29.4 Å². The molecule has 2 heterocycles. The van der Waals surface area contributed by atoms with Gasteiger partial charge in [-0.15, -0.1) is 0 Å². The van der Waals surface area contributed by atoms with Crippen LogP contribution in [0.25, 0.3) is 0 Å². The molecule has 2 fully saturated rings. The Kier molecular flexibility index (Phi) is 6.72. The Morgan fingerprint density at radius 2 is 1.97 bits per heavy atom. The van der Waals surface area contributed by atoms with Crippen LogP contribution in [0.1, 0.15) is 56.2 Å². The van der Waals surface area contributed by atoms with Crippen molar-refractivity contribution in [3.05, 3.63) is 28.3 Å². The van der Waals surface area contributed by atoms with Gasteiger partial charge in [0.05, 0.1) is 23.3 Å². The van der Waals surface area contributed by atoms with Gasteiger partial charge in [-0.3, -0.25) is 14.4 Å². The molecule has 192 valence electrons. The molecular formula is C24H28ClF3N2O5. The molecule has 1 aliphatic carbocycles. The van der Waals surface area contributed by atoms with Crippen molar-refractivity contribution in [2.24, 2.45) is 17.3 Å². The lowest BCUT2D eigenvalue weighted by Crippen LogP contribution is -2.52. The first-order valence-electron chi connectivity index (χ1n) is 11.7.